The van der Waals surface area contributed by atoms with Crippen molar-refractivity contribution in [1.29, 1.82) is 0 Å². The minimum atomic E-state index is 0. The highest BCUT2D eigenvalue weighted by atomic mass is 79.9. The number of carbonyl (C=O) groups excluding carboxylic acids is 1. The van der Waals surface area contributed by atoms with Crippen molar-refractivity contribution >= 4 is 34.2 Å². The molecule has 1 aliphatic heterocycles. The SMILES string of the molecule is Cc1cc(Br)ccc1C(=O)NC1CCNC(C)C1.Cl. The predicted octanol–water partition coefficient (Wildman–Crippen LogP) is 3.05. The Bertz CT molecular complexity index is 453. The second-order valence-corrected chi connectivity index (χ2v) is 5.92. The maximum absolute atomic E-state index is 12.2. The summed E-state index contributed by atoms with van der Waals surface area (Å²) < 4.78 is 1.01. The van der Waals surface area contributed by atoms with Gasteiger partial charge in [-0.15, -0.1) is 12.4 Å². The van der Waals surface area contributed by atoms with E-state index >= 15 is 0 Å². The Morgan fingerprint density at radius 2 is 2.21 bits per heavy atom. The van der Waals surface area contributed by atoms with E-state index < -0.39 is 0 Å². The molecule has 0 saturated carbocycles. The van der Waals surface area contributed by atoms with Crippen LogP contribution in [0.15, 0.2) is 22.7 Å². The molecule has 106 valence electrons. The number of nitrogens with one attached hydrogen (secondary N) is 2. The quantitative estimate of drug-likeness (QED) is 0.863. The van der Waals surface area contributed by atoms with E-state index in [1.54, 1.807) is 0 Å². The lowest BCUT2D eigenvalue weighted by atomic mass is 9.99. The molecule has 1 aromatic carbocycles. The Labute approximate surface area is 129 Å². The first-order valence-corrected chi connectivity index (χ1v) is 7.16. The number of benzene rings is 1. The van der Waals surface area contributed by atoms with Crippen LogP contribution in [0.3, 0.4) is 0 Å². The van der Waals surface area contributed by atoms with Crippen molar-refractivity contribution < 1.29 is 4.79 Å². The molecule has 1 saturated heterocycles. The van der Waals surface area contributed by atoms with E-state index in [0.29, 0.717) is 6.04 Å². The highest BCUT2D eigenvalue weighted by molar-refractivity contribution is 9.10. The van der Waals surface area contributed by atoms with Gasteiger partial charge in [0.15, 0.2) is 0 Å². The van der Waals surface area contributed by atoms with E-state index in [1.807, 2.05) is 25.1 Å². The van der Waals surface area contributed by atoms with Crippen molar-refractivity contribution in [1.82, 2.24) is 10.6 Å². The summed E-state index contributed by atoms with van der Waals surface area (Å²) in [5, 5.41) is 6.52. The zero-order valence-corrected chi connectivity index (χ0v) is 13.6. The average molecular weight is 348 g/mol. The molecule has 0 bridgehead atoms. The summed E-state index contributed by atoms with van der Waals surface area (Å²) >= 11 is 3.41. The molecular weight excluding hydrogens is 328 g/mol. The van der Waals surface area contributed by atoms with Crippen molar-refractivity contribution in [3.8, 4) is 0 Å². The molecule has 19 heavy (non-hydrogen) atoms. The highest BCUT2D eigenvalue weighted by Gasteiger charge is 2.20. The molecule has 1 fully saturated rings. The van der Waals surface area contributed by atoms with Crippen molar-refractivity contribution in [3.63, 3.8) is 0 Å². The summed E-state index contributed by atoms with van der Waals surface area (Å²) in [7, 11) is 0. The maximum Gasteiger partial charge on any atom is 0.251 e. The van der Waals surface area contributed by atoms with Crippen LogP contribution in [0.2, 0.25) is 0 Å². The van der Waals surface area contributed by atoms with Crippen LogP contribution >= 0.6 is 28.3 Å². The topological polar surface area (TPSA) is 41.1 Å². The number of aryl methyl sites for hydroxylation is 1. The van der Waals surface area contributed by atoms with Crippen LogP contribution < -0.4 is 10.6 Å². The summed E-state index contributed by atoms with van der Waals surface area (Å²) in [5.74, 6) is 0.0408. The first kappa shape index (κ1) is 16.5. The maximum atomic E-state index is 12.2. The zero-order valence-electron chi connectivity index (χ0n) is 11.2. The van der Waals surface area contributed by atoms with Crippen LogP contribution in [0, 0.1) is 6.92 Å². The second kappa shape index (κ2) is 7.27. The van der Waals surface area contributed by atoms with Crippen LogP contribution in [-0.2, 0) is 0 Å². The lowest BCUT2D eigenvalue weighted by Crippen LogP contribution is -2.46. The molecule has 2 rings (SSSR count). The van der Waals surface area contributed by atoms with Gasteiger partial charge in [-0.25, -0.2) is 0 Å². The molecule has 1 heterocycles. The summed E-state index contributed by atoms with van der Waals surface area (Å²) in [4.78, 5) is 12.2. The van der Waals surface area contributed by atoms with Gasteiger partial charge in [0.25, 0.3) is 5.91 Å². The lowest BCUT2D eigenvalue weighted by molar-refractivity contribution is 0.0925. The number of rotatable bonds is 2. The Kier molecular flexibility index (Phi) is 6.30. The number of carbonyl (C=O) groups is 1. The summed E-state index contributed by atoms with van der Waals surface area (Å²) in [6, 6.07) is 6.53. The Morgan fingerprint density at radius 3 is 2.84 bits per heavy atom. The smallest absolute Gasteiger partial charge is 0.251 e. The fourth-order valence-electron chi connectivity index (χ4n) is 2.41. The van der Waals surface area contributed by atoms with Gasteiger partial charge < -0.3 is 10.6 Å². The van der Waals surface area contributed by atoms with E-state index in [2.05, 4.69) is 33.5 Å². The number of amides is 1. The first-order valence-electron chi connectivity index (χ1n) is 6.36. The van der Waals surface area contributed by atoms with Gasteiger partial charge in [0, 0.05) is 22.1 Å². The van der Waals surface area contributed by atoms with Gasteiger partial charge in [-0.2, -0.15) is 0 Å². The van der Waals surface area contributed by atoms with Crippen molar-refractivity contribution in [2.24, 2.45) is 0 Å². The van der Waals surface area contributed by atoms with Crippen molar-refractivity contribution in [2.45, 2.75) is 38.8 Å². The molecule has 5 heteroatoms. The molecule has 3 nitrogen and oxygen atoms in total. The number of hydrogen-bond donors (Lipinski definition) is 2. The molecule has 0 aromatic heterocycles. The summed E-state index contributed by atoms with van der Waals surface area (Å²) in [6.45, 7) is 5.10. The third-order valence-electron chi connectivity index (χ3n) is 3.39. The third-order valence-corrected chi connectivity index (χ3v) is 3.89. The molecule has 2 unspecified atom stereocenters. The van der Waals surface area contributed by atoms with E-state index in [9.17, 15) is 4.79 Å². The van der Waals surface area contributed by atoms with Gasteiger partial charge in [0.2, 0.25) is 0 Å². The van der Waals surface area contributed by atoms with Gasteiger partial charge in [-0.3, -0.25) is 4.79 Å². The van der Waals surface area contributed by atoms with E-state index in [-0.39, 0.29) is 24.4 Å². The largest absolute Gasteiger partial charge is 0.349 e. The van der Waals surface area contributed by atoms with Gasteiger partial charge in [-0.05, 0) is 57.0 Å². The molecule has 0 radical (unpaired) electrons. The van der Waals surface area contributed by atoms with E-state index in [0.717, 1.165) is 35.0 Å². The number of halogens is 2. The molecule has 2 atom stereocenters. The van der Waals surface area contributed by atoms with Crippen molar-refractivity contribution in [2.75, 3.05) is 6.54 Å². The third kappa shape index (κ3) is 4.48. The standard InChI is InChI=1S/C14H19BrN2O.ClH/c1-9-7-11(15)3-4-13(9)14(18)17-12-5-6-16-10(2)8-12;/h3-4,7,10,12,16H,5-6,8H2,1-2H3,(H,17,18);1H. The lowest BCUT2D eigenvalue weighted by Gasteiger charge is -2.28. The number of hydrogen-bond acceptors (Lipinski definition) is 2. The van der Waals surface area contributed by atoms with Gasteiger partial charge >= 0.3 is 0 Å². The predicted molar refractivity (Wildman–Crippen MR) is 84.1 cm³/mol. The van der Waals surface area contributed by atoms with Gasteiger partial charge in [-0.1, -0.05) is 15.9 Å². The second-order valence-electron chi connectivity index (χ2n) is 5.01. The van der Waals surface area contributed by atoms with Crippen LogP contribution in [0.5, 0.6) is 0 Å². The van der Waals surface area contributed by atoms with E-state index in [4.69, 9.17) is 0 Å². The fraction of sp³-hybridized carbons (Fsp3) is 0.500. The molecule has 0 aliphatic carbocycles. The highest BCUT2D eigenvalue weighted by Crippen LogP contribution is 2.16. The monoisotopic (exact) mass is 346 g/mol. The van der Waals surface area contributed by atoms with Crippen LogP contribution in [-0.4, -0.2) is 24.5 Å². The Balaban J connectivity index is 0.00000180. The molecular formula is C14H20BrClN2O. The minimum Gasteiger partial charge on any atom is -0.349 e. The Morgan fingerprint density at radius 1 is 1.47 bits per heavy atom. The molecule has 2 N–H and O–H groups in total. The van der Waals surface area contributed by atoms with Crippen LogP contribution in [0.4, 0.5) is 0 Å². The van der Waals surface area contributed by atoms with Crippen molar-refractivity contribution in [3.05, 3.63) is 33.8 Å². The van der Waals surface area contributed by atoms with Crippen LogP contribution in [0.25, 0.3) is 0 Å². The van der Waals surface area contributed by atoms with Gasteiger partial charge in [0.1, 0.15) is 0 Å². The normalized spacial score (nSPS) is 22.5. The van der Waals surface area contributed by atoms with Crippen LogP contribution in [0.1, 0.15) is 35.7 Å². The van der Waals surface area contributed by atoms with E-state index in [1.165, 1.54) is 0 Å². The first-order chi connectivity index (χ1) is 8.56. The summed E-state index contributed by atoms with van der Waals surface area (Å²) in [6.07, 6.45) is 2.01. The molecule has 1 aromatic rings. The number of piperidine rings is 1. The molecule has 1 amide bonds. The molecule has 0 spiro atoms. The summed E-state index contributed by atoms with van der Waals surface area (Å²) in [5.41, 5.74) is 1.77. The molecule has 1 aliphatic rings. The van der Waals surface area contributed by atoms with Gasteiger partial charge in [0.05, 0.1) is 0 Å². The Hall–Kier alpha value is -0.580. The fourth-order valence-corrected chi connectivity index (χ4v) is 2.88. The zero-order chi connectivity index (χ0) is 13.1. The average Bonchev–Trinajstić information content (AvgIpc) is 2.28. The minimum absolute atomic E-state index is 0.